The molecule has 0 amide bonds. The number of benzene rings is 3. The van der Waals surface area contributed by atoms with Crippen LogP contribution in [-0.4, -0.2) is 28.4 Å². The van der Waals surface area contributed by atoms with Crippen LogP contribution >= 0.6 is 0 Å². The molecule has 1 aliphatic heterocycles. The number of allylic oxidation sites excluding steroid dienone is 1. The van der Waals surface area contributed by atoms with Crippen molar-refractivity contribution in [3.8, 4) is 23.0 Å². The molecule has 1 aliphatic rings. The van der Waals surface area contributed by atoms with Crippen LogP contribution in [0.15, 0.2) is 71.3 Å². The van der Waals surface area contributed by atoms with E-state index < -0.39 is 10.1 Å². The molecule has 0 N–H and O–H groups in total. The van der Waals surface area contributed by atoms with Crippen molar-refractivity contribution in [2.45, 2.75) is 11.8 Å². The highest BCUT2D eigenvalue weighted by atomic mass is 32.2. The van der Waals surface area contributed by atoms with Gasteiger partial charge in [0.1, 0.15) is 27.9 Å². The molecule has 0 atom stereocenters. The van der Waals surface area contributed by atoms with E-state index in [1.54, 1.807) is 36.4 Å². The first-order valence-electron chi connectivity index (χ1n) is 9.62. The van der Waals surface area contributed by atoms with Crippen LogP contribution in [0.5, 0.6) is 23.0 Å². The fourth-order valence-corrected chi connectivity index (χ4v) is 4.11. The minimum atomic E-state index is -4.03. The van der Waals surface area contributed by atoms with Crippen molar-refractivity contribution in [1.29, 1.82) is 0 Å². The standard InChI is InChI=1S/C24H20O7S/c1-15-4-8-19(9-5-15)32(26,27)31-18-6-10-20-22(14-18)30-23(24(20)25)13-16-12-17(28-2)7-11-21(16)29-3/h4-14H,1-3H3. The van der Waals surface area contributed by atoms with Crippen LogP contribution in [0.4, 0.5) is 0 Å². The van der Waals surface area contributed by atoms with E-state index in [-0.39, 0.29) is 27.9 Å². The third-order valence-corrected chi connectivity index (χ3v) is 6.14. The lowest BCUT2D eigenvalue weighted by molar-refractivity contribution is 0.101. The Morgan fingerprint density at radius 2 is 1.59 bits per heavy atom. The normalized spacial score (nSPS) is 14.1. The smallest absolute Gasteiger partial charge is 0.339 e. The van der Waals surface area contributed by atoms with E-state index >= 15 is 0 Å². The third-order valence-electron chi connectivity index (χ3n) is 4.88. The van der Waals surface area contributed by atoms with Crippen LogP contribution in [-0.2, 0) is 10.1 Å². The van der Waals surface area contributed by atoms with Gasteiger partial charge in [0, 0.05) is 11.6 Å². The van der Waals surface area contributed by atoms with E-state index in [9.17, 15) is 13.2 Å². The van der Waals surface area contributed by atoms with Crippen molar-refractivity contribution in [3.05, 3.63) is 83.1 Å². The van der Waals surface area contributed by atoms with E-state index in [0.29, 0.717) is 22.6 Å². The molecule has 0 radical (unpaired) electrons. The summed E-state index contributed by atoms with van der Waals surface area (Å²) in [7, 11) is -0.964. The lowest BCUT2D eigenvalue weighted by Crippen LogP contribution is -2.09. The van der Waals surface area contributed by atoms with Crippen LogP contribution in [0.1, 0.15) is 21.5 Å². The minimum absolute atomic E-state index is 0.0336. The van der Waals surface area contributed by atoms with Gasteiger partial charge >= 0.3 is 10.1 Å². The molecule has 32 heavy (non-hydrogen) atoms. The predicted molar refractivity (Wildman–Crippen MR) is 118 cm³/mol. The maximum atomic E-state index is 12.8. The predicted octanol–water partition coefficient (Wildman–Crippen LogP) is 4.40. The molecule has 1 heterocycles. The molecule has 3 aromatic carbocycles. The largest absolute Gasteiger partial charge is 0.497 e. The highest BCUT2D eigenvalue weighted by molar-refractivity contribution is 7.87. The molecule has 0 bridgehead atoms. The van der Waals surface area contributed by atoms with Gasteiger partial charge in [0.05, 0.1) is 19.8 Å². The monoisotopic (exact) mass is 452 g/mol. The Bertz CT molecular complexity index is 1320. The molecule has 0 saturated heterocycles. The number of ether oxygens (including phenoxy) is 3. The van der Waals surface area contributed by atoms with Crippen molar-refractivity contribution in [1.82, 2.24) is 0 Å². The summed E-state index contributed by atoms with van der Waals surface area (Å²) in [6.07, 6.45) is 1.55. The van der Waals surface area contributed by atoms with Gasteiger partial charge in [-0.2, -0.15) is 8.42 Å². The lowest BCUT2D eigenvalue weighted by atomic mass is 10.1. The average Bonchev–Trinajstić information content (AvgIpc) is 3.08. The van der Waals surface area contributed by atoms with Crippen LogP contribution in [0.2, 0.25) is 0 Å². The maximum absolute atomic E-state index is 12.8. The number of methoxy groups -OCH3 is 2. The second-order valence-corrected chi connectivity index (χ2v) is 8.60. The zero-order valence-electron chi connectivity index (χ0n) is 17.6. The molecule has 0 saturated carbocycles. The summed E-state index contributed by atoms with van der Waals surface area (Å²) in [4.78, 5) is 12.8. The van der Waals surface area contributed by atoms with Crippen LogP contribution in [0.3, 0.4) is 0 Å². The van der Waals surface area contributed by atoms with Crippen molar-refractivity contribution in [2.75, 3.05) is 14.2 Å². The van der Waals surface area contributed by atoms with E-state index in [0.717, 1.165) is 5.56 Å². The molecule has 7 nitrogen and oxygen atoms in total. The van der Waals surface area contributed by atoms with Crippen molar-refractivity contribution >= 4 is 22.0 Å². The first kappa shape index (κ1) is 21.5. The second kappa shape index (κ2) is 8.39. The Morgan fingerprint density at radius 1 is 0.875 bits per heavy atom. The molecule has 0 spiro atoms. The maximum Gasteiger partial charge on any atom is 0.339 e. The molecular weight excluding hydrogens is 432 g/mol. The summed E-state index contributed by atoms with van der Waals surface area (Å²) in [6, 6.07) is 15.8. The summed E-state index contributed by atoms with van der Waals surface area (Å²) >= 11 is 0. The van der Waals surface area contributed by atoms with Crippen LogP contribution in [0.25, 0.3) is 6.08 Å². The van der Waals surface area contributed by atoms with Gasteiger partial charge in [0.15, 0.2) is 5.76 Å². The third kappa shape index (κ3) is 4.17. The summed E-state index contributed by atoms with van der Waals surface area (Å²) in [5, 5.41) is 0. The molecule has 3 aromatic rings. The number of hydrogen-bond donors (Lipinski definition) is 0. The Balaban J connectivity index is 1.62. The Hall–Kier alpha value is -3.78. The zero-order chi connectivity index (χ0) is 22.9. The molecule has 0 aliphatic carbocycles. The number of carbonyl (C=O) groups is 1. The summed E-state index contributed by atoms with van der Waals surface area (Å²) < 4.78 is 46.6. The van der Waals surface area contributed by atoms with Gasteiger partial charge in [-0.05, 0) is 55.5 Å². The van der Waals surface area contributed by atoms with Crippen LogP contribution < -0.4 is 18.4 Å². The van der Waals surface area contributed by atoms with Gasteiger partial charge in [-0.25, -0.2) is 0 Å². The van der Waals surface area contributed by atoms with E-state index in [1.165, 1.54) is 44.6 Å². The summed E-state index contributed by atoms with van der Waals surface area (Å²) in [5.41, 5.74) is 1.83. The molecule has 0 fully saturated rings. The Kier molecular flexibility index (Phi) is 5.63. The van der Waals surface area contributed by atoms with Crippen LogP contribution in [0, 0.1) is 6.92 Å². The van der Waals surface area contributed by atoms with E-state index in [2.05, 4.69) is 0 Å². The first-order valence-corrected chi connectivity index (χ1v) is 11.0. The van der Waals surface area contributed by atoms with Crippen molar-refractivity contribution in [2.24, 2.45) is 0 Å². The van der Waals surface area contributed by atoms with E-state index in [1.807, 2.05) is 6.92 Å². The molecule has 164 valence electrons. The molecule has 8 heteroatoms. The second-order valence-electron chi connectivity index (χ2n) is 7.06. The SMILES string of the molecule is COc1ccc(OC)c(C=C2Oc3cc(OS(=O)(=O)c4ccc(C)cc4)ccc3C2=O)c1. The molecule has 0 aromatic heterocycles. The number of rotatable bonds is 6. The number of carbonyl (C=O) groups excluding carboxylic acids is 1. The summed E-state index contributed by atoms with van der Waals surface area (Å²) in [6.45, 7) is 1.86. The highest BCUT2D eigenvalue weighted by Gasteiger charge is 2.29. The number of hydrogen-bond acceptors (Lipinski definition) is 7. The summed E-state index contributed by atoms with van der Waals surface area (Å²) in [5.74, 6) is 1.12. The topological polar surface area (TPSA) is 88.1 Å². The fraction of sp³-hybridized carbons (Fsp3) is 0.125. The van der Waals surface area contributed by atoms with Gasteiger partial charge in [0.2, 0.25) is 5.78 Å². The van der Waals surface area contributed by atoms with Gasteiger partial charge in [0.25, 0.3) is 0 Å². The molecular formula is C24H20O7S. The fourth-order valence-electron chi connectivity index (χ4n) is 3.19. The zero-order valence-corrected chi connectivity index (χ0v) is 18.4. The highest BCUT2D eigenvalue weighted by Crippen LogP contribution is 2.37. The average molecular weight is 452 g/mol. The number of aryl methyl sites for hydroxylation is 1. The first-order chi connectivity index (χ1) is 15.3. The van der Waals surface area contributed by atoms with Gasteiger partial charge in [-0.1, -0.05) is 17.7 Å². The quantitative estimate of drug-likeness (QED) is 0.405. The van der Waals surface area contributed by atoms with Crippen molar-refractivity contribution in [3.63, 3.8) is 0 Å². The Labute approximate surface area is 185 Å². The number of ketones is 1. The van der Waals surface area contributed by atoms with Crippen molar-refractivity contribution < 1.29 is 31.6 Å². The molecule has 4 rings (SSSR count). The minimum Gasteiger partial charge on any atom is -0.497 e. The Morgan fingerprint density at radius 3 is 2.28 bits per heavy atom. The van der Waals surface area contributed by atoms with E-state index in [4.69, 9.17) is 18.4 Å². The van der Waals surface area contributed by atoms with Gasteiger partial charge in [-0.15, -0.1) is 0 Å². The van der Waals surface area contributed by atoms with Gasteiger partial charge in [-0.3, -0.25) is 4.79 Å². The number of fused-ring (bicyclic) bond motifs is 1. The molecule has 0 unspecified atom stereocenters. The number of Topliss-reactive ketones (excluding diaryl/α,β-unsaturated/α-hetero) is 1. The lowest BCUT2D eigenvalue weighted by Gasteiger charge is -2.08. The van der Waals surface area contributed by atoms with Gasteiger partial charge < -0.3 is 18.4 Å².